The van der Waals surface area contributed by atoms with Gasteiger partial charge in [-0.3, -0.25) is 4.79 Å². The molecular weight excluding hydrogens is 190 g/mol. The second-order valence-electron chi connectivity index (χ2n) is 4.09. The van der Waals surface area contributed by atoms with E-state index in [2.05, 4.69) is 18.8 Å². The lowest BCUT2D eigenvalue weighted by atomic mass is 9.87. The molecule has 0 aliphatic carbocycles. The Bertz CT molecular complexity index is 307. The first-order valence-electron chi connectivity index (χ1n) is 5.38. The standard InChI is InChI=1S/C11H19N3O/c1-3-8-6-14-10(12)9(11(13)15)5-4-7(8)2/h6-8H,3-5,12H2,1-2H3,(H2,13,15)/b10-9+,14-6-. The second kappa shape index (κ2) is 4.96. The third-order valence-electron chi connectivity index (χ3n) is 3.06. The van der Waals surface area contributed by atoms with Crippen LogP contribution in [0.3, 0.4) is 0 Å². The molecule has 0 saturated carbocycles. The zero-order chi connectivity index (χ0) is 11.4. The lowest BCUT2D eigenvalue weighted by Crippen LogP contribution is -2.22. The van der Waals surface area contributed by atoms with Gasteiger partial charge in [0.1, 0.15) is 5.82 Å². The number of primary amides is 1. The Balaban J connectivity index is 2.94. The van der Waals surface area contributed by atoms with E-state index in [1.165, 1.54) is 0 Å². The summed E-state index contributed by atoms with van der Waals surface area (Å²) in [7, 11) is 0. The van der Waals surface area contributed by atoms with Crippen LogP contribution in [0, 0.1) is 11.8 Å². The van der Waals surface area contributed by atoms with Crippen molar-refractivity contribution in [3.05, 3.63) is 11.4 Å². The number of aliphatic imine (C=N–C) groups is 1. The van der Waals surface area contributed by atoms with E-state index < -0.39 is 5.91 Å². The molecule has 0 bridgehead atoms. The van der Waals surface area contributed by atoms with Crippen molar-refractivity contribution in [3.63, 3.8) is 0 Å². The number of nitrogens with two attached hydrogens (primary N) is 2. The van der Waals surface area contributed by atoms with Gasteiger partial charge in [0.15, 0.2) is 0 Å². The third kappa shape index (κ3) is 2.81. The average Bonchev–Trinajstić information content (AvgIpc) is 2.16. The minimum absolute atomic E-state index is 0.285. The van der Waals surface area contributed by atoms with E-state index in [0.717, 1.165) is 12.8 Å². The van der Waals surface area contributed by atoms with Gasteiger partial charge in [0.05, 0.1) is 5.57 Å². The molecule has 0 spiro atoms. The molecule has 2 atom stereocenters. The number of nitrogens with zero attached hydrogens (tertiary/aromatic N) is 1. The van der Waals surface area contributed by atoms with Crippen molar-refractivity contribution in [2.45, 2.75) is 33.1 Å². The molecule has 4 heteroatoms. The highest BCUT2D eigenvalue weighted by atomic mass is 16.1. The maximum atomic E-state index is 11.1. The Morgan fingerprint density at radius 3 is 2.87 bits per heavy atom. The van der Waals surface area contributed by atoms with Crippen molar-refractivity contribution in [2.24, 2.45) is 28.3 Å². The fourth-order valence-corrected chi connectivity index (χ4v) is 1.87. The van der Waals surface area contributed by atoms with Crippen molar-refractivity contribution in [3.8, 4) is 0 Å². The number of amides is 1. The minimum atomic E-state index is -0.452. The zero-order valence-corrected chi connectivity index (χ0v) is 9.36. The Hall–Kier alpha value is -1.32. The van der Waals surface area contributed by atoms with Crippen LogP contribution in [0.5, 0.6) is 0 Å². The number of hydrogen-bond donors (Lipinski definition) is 2. The van der Waals surface area contributed by atoms with Gasteiger partial charge in [0.25, 0.3) is 0 Å². The predicted octanol–water partition coefficient (Wildman–Crippen LogP) is 1.17. The summed E-state index contributed by atoms with van der Waals surface area (Å²) in [5.74, 6) is 0.791. The van der Waals surface area contributed by atoms with Gasteiger partial charge in [0, 0.05) is 6.21 Å². The fraction of sp³-hybridized carbons (Fsp3) is 0.636. The Morgan fingerprint density at radius 1 is 1.67 bits per heavy atom. The third-order valence-corrected chi connectivity index (χ3v) is 3.06. The van der Waals surface area contributed by atoms with Gasteiger partial charge >= 0.3 is 0 Å². The van der Waals surface area contributed by atoms with Crippen LogP contribution in [0.1, 0.15) is 33.1 Å². The average molecular weight is 209 g/mol. The number of carbonyl (C=O) groups excluding carboxylic acids is 1. The molecule has 1 aliphatic rings. The first-order chi connectivity index (χ1) is 7.06. The summed E-state index contributed by atoms with van der Waals surface area (Å²) in [6, 6.07) is 0. The van der Waals surface area contributed by atoms with Crippen LogP contribution in [-0.2, 0) is 4.79 Å². The fourth-order valence-electron chi connectivity index (χ4n) is 1.87. The van der Waals surface area contributed by atoms with Crippen molar-refractivity contribution >= 4 is 12.1 Å². The van der Waals surface area contributed by atoms with Crippen LogP contribution in [0.4, 0.5) is 0 Å². The topological polar surface area (TPSA) is 81.5 Å². The molecular formula is C11H19N3O. The van der Waals surface area contributed by atoms with E-state index in [-0.39, 0.29) is 5.82 Å². The lowest BCUT2D eigenvalue weighted by Gasteiger charge is -2.21. The van der Waals surface area contributed by atoms with Crippen molar-refractivity contribution < 1.29 is 4.79 Å². The van der Waals surface area contributed by atoms with Crippen LogP contribution in [-0.4, -0.2) is 12.1 Å². The van der Waals surface area contributed by atoms with Crippen LogP contribution in [0.2, 0.25) is 0 Å². The molecule has 2 unspecified atom stereocenters. The molecule has 1 aliphatic heterocycles. The molecule has 1 amide bonds. The molecule has 15 heavy (non-hydrogen) atoms. The molecule has 0 saturated heterocycles. The van der Waals surface area contributed by atoms with Crippen LogP contribution in [0.25, 0.3) is 0 Å². The van der Waals surface area contributed by atoms with Crippen molar-refractivity contribution in [1.29, 1.82) is 0 Å². The van der Waals surface area contributed by atoms with E-state index in [0.29, 0.717) is 23.8 Å². The number of hydrogen-bond acceptors (Lipinski definition) is 3. The van der Waals surface area contributed by atoms with Crippen LogP contribution >= 0.6 is 0 Å². The molecule has 4 N–H and O–H groups in total. The molecule has 0 radical (unpaired) electrons. The molecule has 4 nitrogen and oxygen atoms in total. The number of rotatable bonds is 2. The number of carbonyl (C=O) groups is 1. The lowest BCUT2D eigenvalue weighted by molar-refractivity contribution is -0.114. The maximum absolute atomic E-state index is 11.1. The van der Waals surface area contributed by atoms with Gasteiger partial charge in [0.2, 0.25) is 5.91 Å². The van der Waals surface area contributed by atoms with E-state index in [9.17, 15) is 4.79 Å². The van der Waals surface area contributed by atoms with Crippen LogP contribution < -0.4 is 11.5 Å². The highest BCUT2D eigenvalue weighted by molar-refractivity contribution is 5.92. The van der Waals surface area contributed by atoms with Crippen molar-refractivity contribution in [1.82, 2.24) is 0 Å². The smallest absolute Gasteiger partial charge is 0.248 e. The Labute approximate surface area is 90.4 Å². The van der Waals surface area contributed by atoms with Gasteiger partial charge in [-0.1, -0.05) is 13.8 Å². The van der Waals surface area contributed by atoms with Gasteiger partial charge < -0.3 is 11.5 Å². The monoisotopic (exact) mass is 209 g/mol. The van der Waals surface area contributed by atoms with Gasteiger partial charge in [-0.25, -0.2) is 4.99 Å². The largest absolute Gasteiger partial charge is 0.383 e. The quantitative estimate of drug-likeness (QED) is 0.715. The minimum Gasteiger partial charge on any atom is -0.383 e. The van der Waals surface area contributed by atoms with E-state index in [1.54, 1.807) is 0 Å². The highest BCUT2D eigenvalue weighted by Gasteiger charge is 2.19. The van der Waals surface area contributed by atoms with Crippen LogP contribution in [0.15, 0.2) is 16.4 Å². The zero-order valence-electron chi connectivity index (χ0n) is 9.36. The summed E-state index contributed by atoms with van der Waals surface area (Å²) in [6.45, 7) is 4.30. The summed E-state index contributed by atoms with van der Waals surface area (Å²) >= 11 is 0. The molecule has 0 aromatic heterocycles. The normalized spacial score (nSPS) is 34.3. The first-order valence-corrected chi connectivity index (χ1v) is 5.38. The Morgan fingerprint density at radius 2 is 2.33 bits per heavy atom. The maximum Gasteiger partial charge on any atom is 0.248 e. The van der Waals surface area contributed by atoms with Gasteiger partial charge in [-0.15, -0.1) is 0 Å². The van der Waals surface area contributed by atoms with E-state index >= 15 is 0 Å². The molecule has 0 aromatic rings. The molecule has 0 fully saturated rings. The molecule has 1 heterocycles. The first kappa shape index (κ1) is 11.8. The SMILES string of the molecule is CCC1/C=N\C(N)=C(\C(N)=O)CCC1C. The predicted molar refractivity (Wildman–Crippen MR) is 61.1 cm³/mol. The van der Waals surface area contributed by atoms with E-state index in [4.69, 9.17) is 11.5 Å². The summed E-state index contributed by atoms with van der Waals surface area (Å²) in [6.07, 6.45) is 4.46. The summed E-state index contributed by atoms with van der Waals surface area (Å²) in [5.41, 5.74) is 11.4. The second-order valence-corrected chi connectivity index (χ2v) is 4.09. The summed E-state index contributed by atoms with van der Waals surface area (Å²) in [5, 5.41) is 0. The highest BCUT2D eigenvalue weighted by Crippen LogP contribution is 2.24. The van der Waals surface area contributed by atoms with Gasteiger partial charge in [-0.2, -0.15) is 0 Å². The summed E-state index contributed by atoms with van der Waals surface area (Å²) in [4.78, 5) is 15.2. The molecule has 0 aromatic carbocycles. The van der Waals surface area contributed by atoms with Crippen molar-refractivity contribution in [2.75, 3.05) is 0 Å². The van der Waals surface area contributed by atoms with Gasteiger partial charge in [-0.05, 0) is 31.1 Å². The molecule has 84 valence electrons. The molecule has 1 rings (SSSR count). The Kier molecular flexibility index (Phi) is 3.88. The summed E-state index contributed by atoms with van der Waals surface area (Å²) < 4.78 is 0. The van der Waals surface area contributed by atoms with E-state index in [1.807, 2.05) is 6.21 Å².